The van der Waals surface area contributed by atoms with E-state index in [1.54, 1.807) is 24.3 Å². The highest BCUT2D eigenvalue weighted by molar-refractivity contribution is 6.44. The molecule has 2 aromatic rings. The number of nitrogens with zero attached hydrogens (tertiary/aromatic N) is 1. The van der Waals surface area contributed by atoms with Crippen molar-refractivity contribution < 1.29 is 19.2 Å². The van der Waals surface area contributed by atoms with Crippen molar-refractivity contribution >= 4 is 28.9 Å². The number of nitro benzene ring substituents is 1. The maximum atomic E-state index is 11.9. The topological polar surface area (TPSA) is 111 Å². The zero-order chi connectivity index (χ0) is 16.8. The lowest BCUT2D eigenvalue weighted by Crippen LogP contribution is -2.29. The number of ether oxygens (including phenoxy) is 1. The number of carbonyl (C=O) groups excluding carboxylic acids is 2. The first-order valence-electron chi connectivity index (χ1n) is 6.51. The van der Waals surface area contributed by atoms with Crippen LogP contribution in [0, 0.1) is 10.1 Å². The first-order valence-corrected chi connectivity index (χ1v) is 6.51. The summed E-state index contributed by atoms with van der Waals surface area (Å²) in [6.45, 7) is 0. The molecule has 0 heterocycles. The molecular formula is C15H13N3O5. The van der Waals surface area contributed by atoms with Crippen LogP contribution in [0.2, 0.25) is 0 Å². The maximum absolute atomic E-state index is 11.9. The van der Waals surface area contributed by atoms with Gasteiger partial charge < -0.3 is 15.4 Å². The fourth-order valence-corrected chi connectivity index (χ4v) is 1.84. The van der Waals surface area contributed by atoms with Crippen molar-refractivity contribution in [3.8, 4) is 5.75 Å². The second-order valence-electron chi connectivity index (χ2n) is 4.38. The lowest BCUT2D eigenvalue weighted by Gasteiger charge is -2.10. The SMILES string of the molecule is COc1ccccc1NC(=O)C(=O)Nc1ccccc1[N+](=O)[O-]. The van der Waals surface area contributed by atoms with E-state index >= 15 is 0 Å². The van der Waals surface area contributed by atoms with E-state index in [4.69, 9.17) is 4.74 Å². The molecule has 8 nitrogen and oxygen atoms in total. The number of carbonyl (C=O) groups is 2. The Morgan fingerprint density at radius 1 is 0.957 bits per heavy atom. The third-order valence-electron chi connectivity index (χ3n) is 2.91. The van der Waals surface area contributed by atoms with Crippen molar-refractivity contribution in [3.05, 3.63) is 58.6 Å². The normalized spacial score (nSPS) is 9.78. The summed E-state index contributed by atoms with van der Waals surface area (Å²) < 4.78 is 5.06. The summed E-state index contributed by atoms with van der Waals surface area (Å²) in [4.78, 5) is 34.1. The predicted molar refractivity (Wildman–Crippen MR) is 83.3 cm³/mol. The molecule has 0 saturated heterocycles. The first-order chi connectivity index (χ1) is 11.0. The van der Waals surface area contributed by atoms with Gasteiger partial charge in [-0.25, -0.2) is 0 Å². The second kappa shape index (κ2) is 7.03. The van der Waals surface area contributed by atoms with Gasteiger partial charge in [0.25, 0.3) is 5.69 Å². The van der Waals surface area contributed by atoms with Gasteiger partial charge in [0.1, 0.15) is 11.4 Å². The van der Waals surface area contributed by atoms with Crippen LogP contribution in [-0.2, 0) is 9.59 Å². The van der Waals surface area contributed by atoms with Gasteiger partial charge in [0.15, 0.2) is 0 Å². The molecule has 2 aromatic carbocycles. The molecule has 0 saturated carbocycles. The molecule has 23 heavy (non-hydrogen) atoms. The molecule has 0 spiro atoms. The summed E-state index contributed by atoms with van der Waals surface area (Å²) >= 11 is 0. The van der Waals surface area contributed by atoms with Crippen LogP contribution in [0.25, 0.3) is 0 Å². The van der Waals surface area contributed by atoms with Gasteiger partial charge >= 0.3 is 11.8 Å². The average Bonchev–Trinajstić information content (AvgIpc) is 2.55. The molecule has 0 aliphatic rings. The summed E-state index contributed by atoms with van der Waals surface area (Å²) in [7, 11) is 1.43. The van der Waals surface area contributed by atoms with Crippen LogP contribution in [0.5, 0.6) is 5.75 Å². The van der Waals surface area contributed by atoms with Gasteiger partial charge in [-0.3, -0.25) is 19.7 Å². The lowest BCUT2D eigenvalue weighted by molar-refractivity contribution is -0.383. The number of para-hydroxylation sites is 4. The number of nitrogens with one attached hydrogen (secondary N) is 2. The third kappa shape index (κ3) is 3.82. The minimum atomic E-state index is -1.02. The molecule has 0 aliphatic carbocycles. The molecule has 0 aromatic heterocycles. The van der Waals surface area contributed by atoms with E-state index in [9.17, 15) is 19.7 Å². The number of hydrogen-bond acceptors (Lipinski definition) is 5. The van der Waals surface area contributed by atoms with E-state index in [0.717, 1.165) is 0 Å². The predicted octanol–water partition coefficient (Wildman–Crippen LogP) is 2.18. The Hall–Kier alpha value is -3.42. The van der Waals surface area contributed by atoms with Gasteiger partial charge in [0.05, 0.1) is 17.7 Å². The van der Waals surface area contributed by atoms with Crippen molar-refractivity contribution in [2.45, 2.75) is 0 Å². The minimum Gasteiger partial charge on any atom is -0.495 e. The Bertz CT molecular complexity index is 760. The molecule has 118 valence electrons. The Morgan fingerprint density at radius 2 is 1.48 bits per heavy atom. The Balaban J connectivity index is 2.12. The van der Waals surface area contributed by atoms with Crippen LogP contribution in [0.4, 0.5) is 17.1 Å². The maximum Gasteiger partial charge on any atom is 0.314 e. The Morgan fingerprint density at radius 3 is 2.09 bits per heavy atom. The van der Waals surface area contributed by atoms with Crippen molar-refractivity contribution in [1.82, 2.24) is 0 Å². The minimum absolute atomic E-state index is 0.0577. The molecule has 0 radical (unpaired) electrons. The Kier molecular flexibility index (Phi) is 4.88. The summed E-state index contributed by atoms with van der Waals surface area (Å²) in [6.07, 6.45) is 0. The lowest BCUT2D eigenvalue weighted by atomic mass is 10.2. The van der Waals surface area contributed by atoms with Gasteiger partial charge in [-0.1, -0.05) is 24.3 Å². The number of rotatable bonds is 4. The first kappa shape index (κ1) is 16.0. The quantitative estimate of drug-likeness (QED) is 0.510. The summed E-state index contributed by atoms with van der Waals surface area (Å²) in [5.74, 6) is -1.60. The molecule has 0 unspecified atom stereocenters. The zero-order valence-corrected chi connectivity index (χ0v) is 12.1. The van der Waals surface area contributed by atoms with Crippen LogP contribution in [0.15, 0.2) is 48.5 Å². The number of anilines is 2. The number of benzene rings is 2. The third-order valence-corrected chi connectivity index (χ3v) is 2.91. The number of methoxy groups -OCH3 is 1. The van der Waals surface area contributed by atoms with E-state index in [1.165, 1.54) is 31.4 Å². The van der Waals surface area contributed by atoms with Gasteiger partial charge in [-0.05, 0) is 18.2 Å². The van der Waals surface area contributed by atoms with Gasteiger partial charge in [-0.2, -0.15) is 0 Å². The molecule has 0 fully saturated rings. The molecular weight excluding hydrogens is 302 g/mol. The fraction of sp³-hybridized carbons (Fsp3) is 0.0667. The van der Waals surface area contributed by atoms with Crippen LogP contribution >= 0.6 is 0 Å². The standard InChI is InChI=1S/C15H13N3O5/c1-23-13-9-5-3-7-11(13)17-15(20)14(19)16-10-6-2-4-8-12(10)18(21)22/h2-9H,1H3,(H,16,19)(H,17,20). The number of amides is 2. The number of nitro groups is 1. The van der Waals surface area contributed by atoms with Crippen LogP contribution in [0.1, 0.15) is 0 Å². The highest BCUT2D eigenvalue weighted by Gasteiger charge is 2.20. The van der Waals surface area contributed by atoms with E-state index in [-0.39, 0.29) is 11.4 Å². The molecule has 8 heteroatoms. The van der Waals surface area contributed by atoms with Crippen LogP contribution < -0.4 is 15.4 Å². The smallest absolute Gasteiger partial charge is 0.314 e. The zero-order valence-electron chi connectivity index (χ0n) is 12.1. The van der Waals surface area contributed by atoms with Crippen molar-refractivity contribution in [2.75, 3.05) is 17.7 Å². The molecule has 2 rings (SSSR count). The number of hydrogen-bond donors (Lipinski definition) is 2. The monoisotopic (exact) mass is 315 g/mol. The molecule has 0 atom stereocenters. The molecule has 2 N–H and O–H groups in total. The van der Waals surface area contributed by atoms with Crippen molar-refractivity contribution in [1.29, 1.82) is 0 Å². The van der Waals surface area contributed by atoms with Crippen LogP contribution in [0.3, 0.4) is 0 Å². The molecule has 2 amide bonds. The summed E-state index contributed by atoms with van der Waals surface area (Å²) in [5, 5.41) is 15.5. The average molecular weight is 315 g/mol. The summed E-state index contributed by atoms with van der Waals surface area (Å²) in [5.41, 5.74) is -0.0404. The second-order valence-corrected chi connectivity index (χ2v) is 4.38. The van der Waals surface area contributed by atoms with Gasteiger partial charge in [0, 0.05) is 6.07 Å². The Labute approximate surface area is 131 Å². The van der Waals surface area contributed by atoms with Crippen molar-refractivity contribution in [3.63, 3.8) is 0 Å². The van der Waals surface area contributed by atoms with Gasteiger partial charge in [0.2, 0.25) is 0 Å². The van der Waals surface area contributed by atoms with E-state index in [0.29, 0.717) is 11.4 Å². The summed E-state index contributed by atoms with van der Waals surface area (Å²) in [6, 6.07) is 12.1. The van der Waals surface area contributed by atoms with E-state index in [2.05, 4.69) is 10.6 Å². The fourth-order valence-electron chi connectivity index (χ4n) is 1.84. The molecule has 0 bridgehead atoms. The van der Waals surface area contributed by atoms with Gasteiger partial charge in [-0.15, -0.1) is 0 Å². The van der Waals surface area contributed by atoms with Crippen LogP contribution in [-0.4, -0.2) is 23.8 Å². The largest absolute Gasteiger partial charge is 0.495 e. The van der Waals surface area contributed by atoms with E-state index in [1.807, 2.05) is 0 Å². The molecule has 0 aliphatic heterocycles. The highest BCUT2D eigenvalue weighted by atomic mass is 16.6. The highest BCUT2D eigenvalue weighted by Crippen LogP contribution is 2.24. The van der Waals surface area contributed by atoms with E-state index < -0.39 is 16.7 Å². The van der Waals surface area contributed by atoms with Crippen molar-refractivity contribution in [2.24, 2.45) is 0 Å².